The highest BCUT2D eigenvalue weighted by Gasteiger charge is 2.04. The SMILES string of the molecule is CCCCOC(=O)CNC(C)CN. The molecular formula is C9H20N2O2. The van der Waals surface area contributed by atoms with Crippen molar-refractivity contribution in [1.82, 2.24) is 5.32 Å². The molecule has 0 aliphatic carbocycles. The van der Waals surface area contributed by atoms with Crippen molar-refractivity contribution in [3.8, 4) is 0 Å². The van der Waals surface area contributed by atoms with Crippen molar-refractivity contribution < 1.29 is 9.53 Å². The van der Waals surface area contributed by atoms with E-state index >= 15 is 0 Å². The van der Waals surface area contributed by atoms with E-state index in [1.54, 1.807) is 0 Å². The highest BCUT2D eigenvalue weighted by atomic mass is 16.5. The van der Waals surface area contributed by atoms with Crippen LogP contribution in [0.4, 0.5) is 0 Å². The Bertz CT molecular complexity index is 140. The van der Waals surface area contributed by atoms with Gasteiger partial charge >= 0.3 is 5.97 Å². The van der Waals surface area contributed by atoms with Gasteiger partial charge in [-0.05, 0) is 13.3 Å². The molecule has 13 heavy (non-hydrogen) atoms. The van der Waals surface area contributed by atoms with Crippen LogP contribution in [0.2, 0.25) is 0 Å². The number of hydrogen-bond donors (Lipinski definition) is 2. The third kappa shape index (κ3) is 7.74. The van der Waals surface area contributed by atoms with Gasteiger partial charge in [-0.25, -0.2) is 0 Å². The fraction of sp³-hybridized carbons (Fsp3) is 0.889. The maximum Gasteiger partial charge on any atom is 0.319 e. The molecule has 0 radical (unpaired) electrons. The van der Waals surface area contributed by atoms with Gasteiger partial charge in [-0.3, -0.25) is 4.79 Å². The number of nitrogens with two attached hydrogens (primary N) is 1. The first-order valence-corrected chi connectivity index (χ1v) is 4.79. The van der Waals surface area contributed by atoms with Crippen LogP contribution >= 0.6 is 0 Å². The Kier molecular flexibility index (Phi) is 7.63. The van der Waals surface area contributed by atoms with Crippen molar-refractivity contribution in [3.63, 3.8) is 0 Å². The standard InChI is InChI=1S/C9H20N2O2/c1-3-4-5-13-9(12)7-11-8(2)6-10/h8,11H,3-7,10H2,1-2H3. The fourth-order valence-corrected chi connectivity index (χ4v) is 0.722. The minimum atomic E-state index is -0.200. The molecule has 0 spiro atoms. The summed E-state index contributed by atoms with van der Waals surface area (Å²) in [5, 5.41) is 2.96. The van der Waals surface area contributed by atoms with Crippen LogP contribution in [-0.2, 0) is 9.53 Å². The molecule has 0 aromatic rings. The molecule has 0 aromatic heterocycles. The summed E-state index contributed by atoms with van der Waals surface area (Å²) in [6.45, 7) is 5.29. The van der Waals surface area contributed by atoms with E-state index in [9.17, 15) is 4.79 Å². The Balaban J connectivity index is 3.30. The van der Waals surface area contributed by atoms with Crippen molar-refractivity contribution in [2.24, 2.45) is 5.73 Å². The van der Waals surface area contributed by atoms with Gasteiger partial charge in [-0.2, -0.15) is 0 Å². The predicted molar refractivity (Wildman–Crippen MR) is 52.4 cm³/mol. The maximum absolute atomic E-state index is 11.0. The van der Waals surface area contributed by atoms with Gasteiger partial charge in [0, 0.05) is 12.6 Å². The predicted octanol–water partition coefficient (Wildman–Crippen LogP) is 0.267. The smallest absolute Gasteiger partial charge is 0.319 e. The number of carbonyl (C=O) groups is 1. The first-order valence-electron chi connectivity index (χ1n) is 4.79. The lowest BCUT2D eigenvalue weighted by Gasteiger charge is -2.10. The van der Waals surface area contributed by atoms with Gasteiger partial charge < -0.3 is 15.8 Å². The number of carbonyl (C=O) groups excluding carboxylic acids is 1. The van der Waals surface area contributed by atoms with Gasteiger partial charge in [0.15, 0.2) is 0 Å². The van der Waals surface area contributed by atoms with Crippen molar-refractivity contribution in [1.29, 1.82) is 0 Å². The normalized spacial score (nSPS) is 12.5. The largest absolute Gasteiger partial charge is 0.465 e. The second-order valence-electron chi connectivity index (χ2n) is 3.09. The average molecular weight is 188 g/mol. The van der Waals surface area contributed by atoms with E-state index in [1.165, 1.54) is 0 Å². The Morgan fingerprint density at radius 2 is 2.31 bits per heavy atom. The topological polar surface area (TPSA) is 64.3 Å². The summed E-state index contributed by atoms with van der Waals surface area (Å²) in [4.78, 5) is 11.0. The molecule has 0 saturated heterocycles. The summed E-state index contributed by atoms with van der Waals surface area (Å²) in [6, 6.07) is 0.165. The molecule has 0 aliphatic heterocycles. The van der Waals surface area contributed by atoms with Gasteiger partial charge in [0.1, 0.15) is 0 Å². The van der Waals surface area contributed by atoms with Crippen molar-refractivity contribution in [3.05, 3.63) is 0 Å². The van der Waals surface area contributed by atoms with E-state index in [2.05, 4.69) is 12.2 Å². The minimum Gasteiger partial charge on any atom is -0.465 e. The molecule has 0 bridgehead atoms. The molecule has 4 nitrogen and oxygen atoms in total. The summed E-state index contributed by atoms with van der Waals surface area (Å²) >= 11 is 0. The number of unbranched alkanes of at least 4 members (excludes halogenated alkanes) is 1. The van der Waals surface area contributed by atoms with Gasteiger partial charge in [-0.1, -0.05) is 13.3 Å². The molecule has 0 aromatic carbocycles. The van der Waals surface area contributed by atoms with Crippen molar-refractivity contribution in [2.45, 2.75) is 32.7 Å². The number of ether oxygens (including phenoxy) is 1. The summed E-state index contributed by atoms with van der Waals surface area (Å²) in [5.74, 6) is -0.200. The summed E-state index contributed by atoms with van der Waals surface area (Å²) < 4.78 is 4.94. The van der Waals surface area contributed by atoms with Crippen LogP contribution in [0.1, 0.15) is 26.7 Å². The second-order valence-corrected chi connectivity index (χ2v) is 3.09. The van der Waals surface area contributed by atoms with Gasteiger partial charge in [0.2, 0.25) is 0 Å². The van der Waals surface area contributed by atoms with E-state index in [1.807, 2.05) is 6.92 Å². The lowest BCUT2D eigenvalue weighted by molar-refractivity contribution is -0.142. The van der Waals surface area contributed by atoms with Crippen molar-refractivity contribution in [2.75, 3.05) is 19.7 Å². The van der Waals surface area contributed by atoms with Gasteiger partial charge in [0.25, 0.3) is 0 Å². The van der Waals surface area contributed by atoms with Crippen LogP contribution in [0.3, 0.4) is 0 Å². The Morgan fingerprint density at radius 3 is 2.85 bits per heavy atom. The molecule has 78 valence electrons. The van der Waals surface area contributed by atoms with Crippen LogP contribution in [-0.4, -0.2) is 31.7 Å². The van der Waals surface area contributed by atoms with Crippen molar-refractivity contribution >= 4 is 5.97 Å². The summed E-state index contributed by atoms with van der Waals surface area (Å²) in [6.07, 6.45) is 1.97. The van der Waals surface area contributed by atoms with E-state index in [-0.39, 0.29) is 18.6 Å². The number of rotatable bonds is 7. The van der Waals surface area contributed by atoms with Crippen LogP contribution in [0.15, 0.2) is 0 Å². The molecular weight excluding hydrogens is 168 g/mol. The lowest BCUT2D eigenvalue weighted by Crippen LogP contribution is -2.37. The Morgan fingerprint density at radius 1 is 1.62 bits per heavy atom. The van der Waals surface area contributed by atoms with E-state index in [4.69, 9.17) is 10.5 Å². The highest BCUT2D eigenvalue weighted by molar-refractivity contribution is 5.71. The quantitative estimate of drug-likeness (QED) is 0.444. The molecule has 0 rings (SSSR count). The molecule has 0 heterocycles. The maximum atomic E-state index is 11.0. The van der Waals surface area contributed by atoms with Crippen LogP contribution in [0, 0.1) is 0 Å². The fourth-order valence-electron chi connectivity index (χ4n) is 0.722. The van der Waals surface area contributed by atoms with Crippen LogP contribution in [0.5, 0.6) is 0 Å². The molecule has 0 amide bonds. The average Bonchev–Trinajstić information content (AvgIpc) is 2.14. The first kappa shape index (κ1) is 12.4. The van der Waals surface area contributed by atoms with E-state index in [0.29, 0.717) is 13.2 Å². The number of hydrogen-bond acceptors (Lipinski definition) is 4. The highest BCUT2D eigenvalue weighted by Crippen LogP contribution is 1.88. The molecule has 4 heteroatoms. The lowest BCUT2D eigenvalue weighted by atomic mass is 10.3. The third-order valence-corrected chi connectivity index (χ3v) is 1.71. The zero-order chi connectivity index (χ0) is 10.1. The summed E-state index contributed by atoms with van der Waals surface area (Å²) in [7, 11) is 0. The zero-order valence-electron chi connectivity index (χ0n) is 8.51. The van der Waals surface area contributed by atoms with Gasteiger partial charge in [0.05, 0.1) is 13.2 Å². The number of esters is 1. The first-order chi connectivity index (χ1) is 6.20. The van der Waals surface area contributed by atoms with E-state index < -0.39 is 0 Å². The monoisotopic (exact) mass is 188 g/mol. The molecule has 0 saturated carbocycles. The molecule has 1 unspecified atom stereocenters. The van der Waals surface area contributed by atoms with E-state index in [0.717, 1.165) is 12.8 Å². The second kappa shape index (κ2) is 8.01. The molecule has 3 N–H and O–H groups in total. The van der Waals surface area contributed by atoms with Crippen LogP contribution in [0.25, 0.3) is 0 Å². The van der Waals surface area contributed by atoms with Gasteiger partial charge in [-0.15, -0.1) is 0 Å². The van der Waals surface area contributed by atoms with Crippen LogP contribution < -0.4 is 11.1 Å². The Hall–Kier alpha value is -0.610. The Labute approximate surface area is 79.8 Å². The molecule has 0 fully saturated rings. The number of nitrogens with one attached hydrogen (secondary N) is 1. The molecule has 0 aliphatic rings. The minimum absolute atomic E-state index is 0.165. The molecule has 1 atom stereocenters. The summed E-state index contributed by atoms with van der Waals surface area (Å²) in [5.41, 5.74) is 5.37. The zero-order valence-corrected chi connectivity index (χ0v) is 8.51. The third-order valence-electron chi connectivity index (χ3n) is 1.71.